The number of carbonyl (C=O) groups is 3. The maximum absolute atomic E-state index is 12.3. The topological polar surface area (TPSA) is 66.5 Å². The SMILES string of the molecule is CCc1ccccc1NC(=O)CSCCCCN1C(=O)c2ccccc2C1=O. The van der Waals surface area contributed by atoms with Crippen molar-refractivity contribution in [3.8, 4) is 0 Å². The van der Waals surface area contributed by atoms with E-state index in [-0.39, 0.29) is 17.7 Å². The lowest BCUT2D eigenvalue weighted by molar-refractivity contribution is -0.113. The zero-order valence-corrected chi connectivity index (χ0v) is 16.8. The molecule has 0 aliphatic carbocycles. The minimum atomic E-state index is -0.206. The molecule has 0 saturated carbocycles. The molecule has 0 radical (unpaired) electrons. The van der Waals surface area contributed by atoms with Crippen LogP contribution in [0.1, 0.15) is 46.0 Å². The Morgan fingerprint density at radius 3 is 2.29 bits per heavy atom. The first-order chi connectivity index (χ1) is 13.6. The van der Waals surface area contributed by atoms with Crippen LogP contribution in [0.2, 0.25) is 0 Å². The lowest BCUT2D eigenvalue weighted by atomic mass is 10.1. The number of hydrogen-bond donors (Lipinski definition) is 1. The van der Waals surface area contributed by atoms with Gasteiger partial charge >= 0.3 is 0 Å². The number of para-hydroxylation sites is 1. The van der Waals surface area contributed by atoms with Crippen LogP contribution in [0.5, 0.6) is 0 Å². The second kappa shape index (κ2) is 9.55. The van der Waals surface area contributed by atoms with Crippen LogP contribution in [0.15, 0.2) is 48.5 Å². The maximum atomic E-state index is 12.3. The van der Waals surface area contributed by atoms with Gasteiger partial charge in [-0.3, -0.25) is 19.3 Å². The number of aryl methyl sites for hydroxylation is 1. The van der Waals surface area contributed by atoms with Gasteiger partial charge in [0.2, 0.25) is 5.91 Å². The number of rotatable bonds is 9. The van der Waals surface area contributed by atoms with Crippen molar-refractivity contribution in [2.24, 2.45) is 0 Å². The Bertz CT molecular complexity index is 847. The zero-order chi connectivity index (χ0) is 19.9. The van der Waals surface area contributed by atoms with E-state index in [4.69, 9.17) is 0 Å². The van der Waals surface area contributed by atoms with E-state index in [2.05, 4.69) is 12.2 Å². The Labute approximate surface area is 169 Å². The fraction of sp³-hybridized carbons (Fsp3) is 0.318. The van der Waals surface area contributed by atoms with Crippen molar-refractivity contribution < 1.29 is 14.4 Å². The molecule has 6 heteroatoms. The van der Waals surface area contributed by atoms with Crippen molar-refractivity contribution >= 4 is 35.2 Å². The van der Waals surface area contributed by atoms with E-state index in [9.17, 15) is 14.4 Å². The number of hydrogen-bond acceptors (Lipinski definition) is 4. The van der Waals surface area contributed by atoms with Crippen LogP contribution in [0.3, 0.4) is 0 Å². The molecule has 0 atom stereocenters. The summed E-state index contributed by atoms with van der Waals surface area (Å²) in [4.78, 5) is 38.0. The van der Waals surface area contributed by atoms with Gasteiger partial charge in [0.1, 0.15) is 0 Å². The molecule has 3 rings (SSSR count). The van der Waals surface area contributed by atoms with E-state index in [1.807, 2.05) is 24.3 Å². The number of thioether (sulfide) groups is 1. The molecule has 1 aliphatic rings. The van der Waals surface area contributed by atoms with Crippen LogP contribution >= 0.6 is 11.8 Å². The number of nitrogens with zero attached hydrogens (tertiary/aromatic N) is 1. The molecule has 1 N–H and O–H groups in total. The van der Waals surface area contributed by atoms with Crippen LogP contribution in [0.25, 0.3) is 0 Å². The molecule has 0 aromatic heterocycles. The molecule has 3 amide bonds. The molecule has 0 unspecified atom stereocenters. The van der Waals surface area contributed by atoms with E-state index in [0.717, 1.165) is 36.3 Å². The Morgan fingerprint density at radius 1 is 0.964 bits per heavy atom. The Kier molecular flexibility index (Phi) is 6.87. The largest absolute Gasteiger partial charge is 0.325 e. The van der Waals surface area contributed by atoms with Crippen molar-refractivity contribution in [2.45, 2.75) is 26.2 Å². The minimum Gasteiger partial charge on any atom is -0.325 e. The third-order valence-corrected chi connectivity index (χ3v) is 5.75. The highest BCUT2D eigenvalue weighted by Crippen LogP contribution is 2.23. The van der Waals surface area contributed by atoms with Gasteiger partial charge in [-0.2, -0.15) is 11.8 Å². The van der Waals surface area contributed by atoms with Crippen molar-refractivity contribution in [3.63, 3.8) is 0 Å². The molecule has 2 aromatic rings. The summed E-state index contributed by atoms with van der Waals surface area (Å²) in [7, 11) is 0. The molecule has 2 aromatic carbocycles. The first-order valence-electron chi connectivity index (χ1n) is 9.52. The summed E-state index contributed by atoms with van der Waals surface area (Å²) in [6.07, 6.45) is 2.46. The maximum Gasteiger partial charge on any atom is 0.261 e. The highest BCUT2D eigenvalue weighted by atomic mass is 32.2. The molecule has 0 spiro atoms. The summed E-state index contributed by atoms with van der Waals surface area (Å²) in [6.45, 7) is 2.48. The van der Waals surface area contributed by atoms with Gasteiger partial charge in [0.05, 0.1) is 16.9 Å². The molecule has 0 bridgehead atoms. The summed E-state index contributed by atoms with van der Waals surface area (Å²) in [5, 5.41) is 2.96. The van der Waals surface area contributed by atoms with Crippen molar-refractivity contribution in [1.29, 1.82) is 0 Å². The predicted octanol–water partition coefficient (Wildman–Crippen LogP) is 4.00. The Hall–Kier alpha value is -2.60. The first-order valence-corrected chi connectivity index (χ1v) is 10.7. The van der Waals surface area contributed by atoms with Gasteiger partial charge in [0, 0.05) is 12.2 Å². The number of fused-ring (bicyclic) bond motifs is 1. The van der Waals surface area contributed by atoms with Crippen molar-refractivity contribution in [1.82, 2.24) is 4.90 Å². The number of unbranched alkanes of at least 4 members (excludes halogenated alkanes) is 1. The van der Waals surface area contributed by atoms with Crippen LogP contribution in [0.4, 0.5) is 5.69 Å². The van der Waals surface area contributed by atoms with Gasteiger partial charge in [0.25, 0.3) is 11.8 Å². The Balaban J connectivity index is 1.35. The van der Waals surface area contributed by atoms with Crippen LogP contribution in [0, 0.1) is 0 Å². The molecule has 28 heavy (non-hydrogen) atoms. The van der Waals surface area contributed by atoms with Gasteiger partial charge in [0.15, 0.2) is 0 Å². The van der Waals surface area contributed by atoms with Gasteiger partial charge < -0.3 is 5.32 Å². The molecule has 5 nitrogen and oxygen atoms in total. The quantitative estimate of drug-likeness (QED) is 0.514. The van der Waals surface area contributed by atoms with E-state index >= 15 is 0 Å². The number of anilines is 1. The molecule has 0 saturated heterocycles. The van der Waals surface area contributed by atoms with Crippen LogP contribution < -0.4 is 5.32 Å². The van der Waals surface area contributed by atoms with Gasteiger partial charge in [-0.25, -0.2) is 0 Å². The van der Waals surface area contributed by atoms with Crippen LogP contribution in [-0.2, 0) is 11.2 Å². The monoisotopic (exact) mass is 396 g/mol. The smallest absolute Gasteiger partial charge is 0.261 e. The molecule has 146 valence electrons. The molecule has 0 fully saturated rings. The average Bonchev–Trinajstić information content (AvgIpc) is 2.96. The normalized spacial score (nSPS) is 13.0. The van der Waals surface area contributed by atoms with Crippen LogP contribution in [-0.4, -0.2) is 40.7 Å². The summed E-state index contributed by atoms with van der Waals surface area (Å²) in [5.74, 6) is 0.785. The second-order valence-electron chi connectivity index (χ2n) is 6.63. The standard InChI is InChI=1S/C22H24N2O3S/c1-2-16-9-3-6-12-19(16)23-20(25)15-28-14-8-7-13-24-21(26)17-10-4-5-11-18(17)22(24)27/h3-6,9-12H,2,7-8,13-15H2,1H3,(H,23,25). The highest BCUT2D eigenvalue weighted by molar-refractivity contribution is 7.99. The first kappa shape index (κ1) is 20.1. The summed E-state index contributed by atoms with van der Waals surface area (Å²) in [6, 6.07) is 14.8. The van der Waals surface area contributed by atoms with Crippen molar-refractivity contribution in [2.75, 3.05) is 23.4 Å². The molecule has 1 aliphatic heterocycles. The van der Waals surface area contributed by atoms with E-state index in [1.165, 1.54) is 4.90 Å². The number of nitrogens with one attached hydrogen (secondary N) is 1. The van der Waals surface area contributed by atoms with E-state index in [1.54, 1.807) is 36.0 Å². The lowest BCUT2D eigenvalue weighted by Crippen LogP contribution is -2.30. The minimum absolute atomic E-state index is 0.00810. The highest BCUT2D eigenvalue weighted by Gasteiger charge is 2.34. The van der Waals surface area contributed by atoms with Gasteiger partial charge in [-0.15, -0.1) is 0 Å². The van der Waals surface area contributed by atoms with Gasteiger partial charge in [-0.05, 0) is 48.8 Å². The van der Waals surface area contributed by atoms with Gasteiger partial charge in [-0.1, -0.05) is 37.3 Å². The Morgan fingerprint density at radius 2 is 1.61 bits per heavy atom. The number of imide groups is 1. The summed E-state index contributed by atoms with van der Waals surface area (Å²) >= 11 is 1.57. The number of carbonyl (C=O) groups excluding carboxylic acids is 3. The fourth-order valence-electron chi connectivity index (χ4n) is 3.22. The summed E-state index contributed by atoms with van der Waals surface area (Å²) in [5.41, 5.74) is 2.99. The fourth-order valence-corrected chi connectivity index (χ4v) is 4.03. The van der Waals surface area contributed by atoms with E-state index in [0.29, 0.717) is 23.4 Å². The summed E-state index contributed by atoms with van der Waals surface area (Å²) < 4.78 is 0. The second-order valence-corrected chi connectivity index (χ2v) is 7.73. The molecular weight excluding hydrogens is 372 g/mol. The number of benzene rings is 2. The van der Waals surface area contributed by atoms with Crippen molar-refractivity contribution in [3.05, 3.63) is 65.2 Å². The number of amides is 3. The van der Waals surface area contributed by atoms with E-state index < -0.39 is 0 Å². The third kappa shape index (κ3) is 4.62. The predicted molar refractivity (Wildman–Crippen MR) is 113 cm³/mol. The lowest BCUT2D eigenvalue weighted by Gasteiger charge is -2.13. The molecular formula is C22H24N2O3S. The third-order valence-electron chi connectivity index (χ3n) is 4.70. The zero-order valence-electron chi connectivity index (χ0n) is 15.9. The molecule has 1 heterocycles. The average molecular weight is 397 g/mol.